The van der Waals surface area contributed by atoms with E-state index in [1.165, 1.54) is 0 Å². The summed E-state index contributed by atoms with van der Waals surface area (Å²) < 4.78 is 6.14. The van der Waals surface area contributed by atoms with E-state index in [-0.39, 0.29) is 17.1 Å². The second-order valence-electron chi connectivity index (χ2n) is 7.70. The Labute approximate surface area is 116 Å². The summed E-state index contributed by atoms with van der Waals surface area (Å²) >= 11 is 0. The molecule has 3 nitrogen and oxygen atoms in total. The highest BCUT2D eigenvalue weighted by molar-refractivity contribution is 5.76. The van der Waals surface area contributed by atoms with Crippen molar-refractivity contribution in [3.63, 3.8) is 0 Å². The molecule has 3 unspecified atom stereocenters. The Morgan fingerprint density at radius 1 is 1.26 bits per heavy atom. The second kappa shape index (κ2) is 4.47. The van der Waals surface area contributed by atoms with Crippen molar-refractivity contribution < 1.29 is 14.6 Å². The molecule has 0 spiro atoms. The SMILES string of the molecule is CCC1CCC(C(=O)O)(C2CC(C)(C)OC2(C)C)C1. The molecule has 0 radical (unpaired) electrons. The van der Waals surface area contributed by atoms with Gasteiger partial charge in [-0.15, -0.1) is 0 Å². The zero-order chi connectivity index (χ0) is 14.5. The van der Waals surface area contributed by atoms with Crippen molar-refractivity contribution >= 4 is 5.97 Å². The van der Waals surface area contributed by atoms with Gasteiger partial charge in [0.1, 0.15) is 0 Å². The molecule has 3 heteroatoms. The molecule has 1 saturated carbocycles. The van der Waals surface area contributed by atoms with E-state index in [1.807, 2.05) is 0 Å². The van der Waals surface area contributed by atoms with Crippen LogP contribution in [0.2, 0.25) is 0 Å². The van der Waals surface area contributed by atoms with Gasteiger partial charge in [0.25, 0.3) is 0 Å². The van der Waals surface area contributed by atoms with Crippen molar-refractivity contribution in [2.75, 3.05) is 0 Å². The number of aliphatic carboxylic acids is 1. The van der Waals surface area contributed by atoms with Crippen molar-refractivity contribution in [1.82, 2.24) is 0 Å². The fraction of sp³-hybridized carbons (Fsp3) is 0.938. The van der Waals surface area contributed by atoms with Gasteiger partial charge >= 0.3 is 5.97 Å². The van der Waals surface area contributed by atoms with E-state index in [9.17, 15) is 9.90 Å². The van der Waals surface area contributed by atoms with E-state index in [2.05, 4.69) is 34.6 Å². The van der Waals surface area contributed by atoms with Crippen molar-refractivity contribution in [2.45, 2.75) is 77.9 Å². The van der Waals surface area contributed by atoms with Crippen molar-refractivity contribution in [3.05, 3.63) is 0 Å². The van der Waals surface area contributed by atoms with Gasteiger partial charge in [-0.05, 0) is 59.3 Å². The van der Waals surface area contributed by atoms with Gasteiger partial charge in [0.15, 0.2) is 0 Å². The third-order valence-corrected chi connectivity index (χ3v) is 5.40. The minimum atomic E-state index is -0.608. The van der Waals surface area contributed by atoms with E-state index in [0.29, 0.717) is 5.92 Å². The number of hydrogen-bond acceptors (Lipinski definition) is 2. The van der Waals surface area contributed by atoms with Gasteiger partial charge in [-0.3, -0.25) is 4.79 Å². The van der Waals surface area contributed by atoms with Crippen LogP contribution in [-0.2, 0) is 9.53 Å². The van der Waals surface area contributed by atoms with Crippen molar-refractivity contribution in [1.29, 1.82) is 0 Å². The molecule has 1 aliphatic heterocycles. The zero-order valence-corrected chi connectivity index (χ0v) is 13.0. The zero-order valence-electron chi connectivity index (χ0n) is 13.0. The molecule has 1 aliphatic carbocycles. The lowest BCUT2D eigenvalue weighted by molar-refractivity contribution is -0.158. The fourth-order valence-corrected chi connectivity index (χ4v) is 4.61. The Kier molecular flexibility index (Phi) is 3.49. The van der Waals surface area contributed by atoms with Gasteiger partial charge in [-0.25, -0.2) is 0 Å². The van der Waals surface area contributed by atoms with Crippen LogP contribution < -0.4 is 0 Å². The predicted molar refractivity (Wildman–Crippen MR) is 75.1 cm³/mol. The molecule has 19 heavy (non-hydrogen) atoms. The quantitative estimate of drug-likeness (QED) is 0.845. The number of rotatable bonds is 3. The third-order valence-electron chi connectivity index (χ3n) is 5.40. The third kappa shape index (κ3) is 2.42. The summed E-state index contributed by atoms with van der Waals surface area (Å²) in [5, 5.41) is 9.88. The minimum absolute atomic E-state index is 0.115. The van der Waals surface area contributed by atoms with Crippen LogP contribution in [0.3, 0.4) is 0 Å². The number of carboxylic acid groups (broad SMARTS) is 1. The van der Waals surface area contributed by atoms with Crippen LogP contribution in [-0.4, -0.2) is 22.3 Å². The maximum absolute atomic E-state index is 12.0. The normalized spacial score (nSPS) is 40.5. The first kappa shape index (κ1) is 14.8. The highest BCUT2D eigenvalue weighted by Gasteiger charge is 2.60. The average molecular weight is 268 g/mol. The van der Waals surface area contributed by atoms with E-state index in [1.54, 1.807) is 0 Å². The molecule has 3 atom stereocenters. The molecule has 0 amide bonds. The maximum atomic E-state index is 12.0. The molecule has 2 fully saturated rings. The summed E-state index contributed by atoms with van der Waals surface area (Å²) in [7, 11) is 0. The Balaban J connectivity index is 2.33. The largest absolute Gasteiger partial charge is 0.481 e. The first-order valence-corrected chi connectivity index (χ1v) is 7.56. The molecule has 0 bridgehead atoms. The monoisotopic (exact) mass is 268 g/mol. The first-order valence-electron chi connectivity index (χ1n) is 7.56. The summed E-state index contributed by atoms with van der Waals surface area (Å²) in [4.78, 5) is 12.0. The number of ether oxygens (including phenoxy) is 1. The minimum Gasteiger partial charge on any atom is -0.481 e. The van der Waals surface area contributed by atoms with E-state index in [4.69, 9.17) is 4.74 Å². The Hall–Kier alpha value is -0.570. The van der Waals surface area contributed by atoms with Crippen LogP contribution in [0.25, 0.3) is 0 Å². The highest BCUT2D eigenvalue weighted by atomic mass is 16.5. The van der Waals surface area contributed by atoms with Crippen LogP contribution in [0, 0.1) is 17.3 Å². The molecular formula is C16H28O3. The molecule has 1 N–H and O–H groups in total. The van der Waals surface area contributed by atoms with Crippen LogP contribution in [0.5, 0.6) is 0 Å². The molecule has 0 aromatic heterocycles. The van der Waals surface area contributed by atoms with E-state index >= 15 is 0 Å². The Morgan fingerprint density at radius 2 is 1.89 bits per heavy atom. The lowest BCUT2D eigenvalue weighted by Gasteiger charge is -2.38. The molecule has 1 heterocycles. The van der Waals surface area contributed by atoms with Crippen LogP contribution >= 0.6 is 0 Å². The number of carboxylic acids is 1. The molecule has 0 aromatic carbocycles. The first-order chi connectivity index (χ1) is 8.63. The summed E-state index contributed by atoms with van der Waals surface area (Å²) in [6, 6.07) is 0. The van der Waals surface area contributed by atoms with Crippen molar-refractivity contribution in [3.8, 4) is 0 Å². The molecule has 2 rings (SSSR count). The molecule has 2 aliphatic rings. The summed E-state index contributed by atoms with van der Waals surface area (Å²) in [6.07, 6.45) is 4.63. The average Bonchev–Trinajstić information content (AvgIpc) is 2.77. The second-order valence-corrected chi connectivity index (χ2v) is 7.70. The number of carbonyl (C=O) groups is 1. The molecular weight excluding hydrogens is 240 g/mol. The maximum Gasteiger partial charge on any atom is 0.310 e. The van der Waals surface area contributed by atoms with Crippen LogP contribution in [0.4, 0.5) is 0 Å². The number of hydrogen-bond donors (Lipinski definition) is 1. The van der Waals surface area contributed by atoms with Gasteiger partial charge in [0.05, 0.1) is 16.6 Å². The van der Waals surface area contributed by atoms with Crippen LogP contribution in [0.15, 0.2) is 0 Å². The molecule has 0 aromatic rings. The summed E-state index contributed by atoms with van der Waals surface area (Å²) in [6.45, 7) is 10.5. The fourth-order valence-electron chi connectivity index (χ4n) is 4.61. The van der Waals surface area contributed by atoms with Gasteiger partial charge in [-0.2, -0.15) is 0 Å². The smallest absolute Gasteiger partial charge is 0.310 e. The van der Waals surface area contributed by atoms with E-state index in [0.717, 1.165) is 32.1 Å². The highest BCUT2D eigenvalue weighted by Crippen LogP contribution is 2.58. The van der Waals surface area contributed by atoms with Gasteiger partial charge in [0.2, 0.25) is 0 Å². The van der Waals surface area contributed by atoms with Crippen molar-refractivity contribution in [2.24, 2.45) is 17.3 Å². The Bertz CT molecular complexity index is 372. The summed E-state index contributed by atoms with van der Waals surface area (Å²) in [5.41, 5.74) is -1.12. The van der Waals surface area contributed by atoms with Gasteiger partial charge in [0, 0.05) is 5.92 Å². The van der Waals surface area contributed by atoms with Gasteiger partial charge < -0.3 is 9.84 Å². The molecule has 1 saturated heterocycles. The van der Waals surface area contributed by atoms with Gasteiger partial charge in [-0.1, -0.05) is 13.3 Å². The standard InChI is InChI=1S/C16H28O3/c1-6-11-7-8-16(9-11,13(17)18)12-10-14(2,3)19-15(12,4)5/h11-12H,6-10H2,1-5H3,(H,17,18). The predicted octanol–water partition coefficient (Wildman–Crippen LogP) is 3.86. The van der Waals surface area contributed by atoms with E-state index < -0.39 is 11.4 Å². The topological polar surface area (TPSA) is 46.5 Å². The lowest BCUT2D eigenvalue weighted by atomic mass is 9.65. The Morgan fingerprint density at radius 3 is 2.26 bits per heavy atom. The molecule has 110 valence electrons. The van der Waals surface area contributed by atoms with Crippen LogP contribution in [0.1, 0.15) is 66.7 Å². The summed E-state index contributed by atoms with van der Waals surface area (Å²) in [5.74, 6) is 0.0717. The lowest BCUT2D eigenvalue weighted by Crippen LogP contribution is -2.45.